The summed E-state index contributed by atoms with van der Waals surface area (Å²) < 4.78 is 0. The van der Waals surface area contributed by atoms with E-state index < -0.39 is 11.8 Å². The van der Waals surface area contributed by atoms with E-state index >= 15 is 0 Å². The van der Waals surface area contributed by atoms with Crippen LogP contribution in [0.15, 0.2) is 83.5 Å². The molecular formula is C27H24ClN3O3. The fraction of sp³-hybridized carbons (Fsp3) is 0.148. The summed E-state index contributed by atoms with van der Waals surface area (Å²) >= 11 is 6.27. The number of carbonyl (C=O) groups is 3. The Hall–Kier alpha value is -3.90. The van der Waals surface area contributed by atoms with Gasteiger partial charge in [-0.15, -0.1) is 0 Å². The Labute approximate surface area is 203 Å². The molecule has 3 aromatic rings. The van der Waals surface area contributed by atoms with E-state index in [2.05, 4.69) is 10.6 Å². The van der Waals surface area contributed by atoms with Crippen LogP contribution in [0.5, 0.6) is 0 Å². The number of anilines is 2. The van der Waals surface area contributed by atoms with Crippen LogP contribution in [0, 0.1) is 13.8 Å². The van der Waals surface area contributed by atoms with Crippen molar-refractivity contribution in [3.8, 4) is 0 Å². The van der Waals surface area contributed by atoms with Gasteiger partial charge in [-0.25, -0.2) is 4.90 Å². The summed E-state index contributed by atoms with van der Waals surface area (Å²) in [6.45, 7) is 5.67. The molecule has 1 aliphatic heterocycles. The number of rotatable bonds is 6. The first-order chi connectivity index (χ1) is 16.3. The number of nitrogens with zero attached hydrogens (tertiary/aromatic N) is 1. The van der Waals surface area contributed by atoms with Crippen LogP contribution in [-0.4, -0.2) is 17.7 Å². The molecule has 3 amide bonds. The lowest BCUT2D eigenvalue weighted by Gasteiger charge is -2.17. The summed E-state index contributed by atoms with van der Waals surface area (Å²) in [4.78, 5) is 39.7. The van der Waals surface area contributed by atoms with Crippen LogP contribution >= 0.6 is 11.6 Å². The summed E-state index contributed by atoms with van der Waals surface area (Å²) in [6, 6.07) is 21.6. The maximum atomic E-state index is 13.1. The number of amides is 3. The molecule has 0 bridgehead atoms. The molecule has 1 heterocycles. The zero-order valence-electron chi connectivity index (χ0n) is 19.1. The van der Waals surface area contributed by atoms with E-state index in [-0.39, 0.29) is 22.7 Å². The summed E-state index contributed by atoms with van der Waals surface area (Å²) in [6.07, 6.45) is 0. The van der Waals surface area contributed by atoms with Gasteiger partial charge in [0.05, 0.1) is 11.7 Å². The van der Waals surface area contributed by atoms with E-state index in [0.29, 0.717) is 16.9 Å². The van der Waals surface area contributed by atoms with Crippen molar-refractivity contribution in [1.29, 1.82) is 0 Å². The molecule has 2 N–H and O–H groups in total. The number of carbonyl (C=O) groups excluding carboxylic acids is 3. The van der Waals surface area contributed by atoms with E-state index in [1.54, 1.807) is 30.3 Å². The van der Waals surface area contributed by atoms with E-state index in [1.807, 2.05) is 63.2 Å². The average molecular weight is 474 g/mol. The highest BCUT2D eigenvalue weighted by atomic mass is 35.5. The lowest BCUT2D eigenvalue weighted by atomic mass is 10.1. The number of imide groups is 1. The highest BCUT2D eigenvalue weighted by molar-refractivity contribution is 6.53. The second-order valence-electron chi connectivity index (χ2n) is 8.23. The van der Waals surface area contributed by atoms with Crippen molar-refractivity contribution in [2.24, 2.45) is 0 Å². The number of nitrogens with one attached hydrogen (secondary N) is 2. The summed E-state index contributed by atoms with van der Waals surface area (Å²) in [5.41, 5.74) is 4.14. The topological polar surface area (TPSA) is 78.5 Å². The van der Waals surface area contributed by atoms with Gasteiger partial charge >= 0.3 is 0 Å². The lowest BCUT2D eigenvalue weighted by molar-refractivity contribution is -0.120. The lowest BCUT2D eigenvalue weighted by Crippen LogP contribution is -2.32. The summed E-state index contributed by atoms with van der Waals surface area (Å²) in [5, 5.41) is 5.77. The standard InChI is InChI=1S/C27H24ClN3O3/c1-16-9-13-21(14-10-16)31-26(33)23(28)24(27(31)34)30-22-15-20(12-11-17(22)2)25(32)29-18(3)19-7-5-4-6-8-19/h4-15,18,30H,1-3H3,(H,29,32). The van der Waals surface area contributed by atoms with E-state index in [4.69, 9.17) is 11.6 Å². The molecule has 0 radical (unpaired) electrons. The zero-order valence-corrected chi connectivity index (χ0v) is 19.8. The molecule has 0 saturated carbocycles. The second kappa shape index (κ2) is 9.53. The maximum Gasteiger partial charge on any atom is 0.283 e. The van der Waals surface area contributed by atoms with E-state index in [0.717, 1.165) is 21.6 Å². The smallest absolute Gasteiger partial charge is 0.283 e. The predicted octanol–water partition coefficient (Wildman–Crippen LogP) is 5.23. The molecule has 1 atom stereocenters. The molecule has 1 unspecified atom stereocenters. The number of halogens is 1. The Kier molecular flexibility index (Phi) is 6.52. The highest BCUT2D eigenvalue weighted by Gasteiger charge is 2.39. The van der Waals surface area contributed by atoms with Gasteiger partial charge in [0.15, 0.2) is 0 Å². The monoisotopic (exact) mass is 473 g/mol. The highest BCUT2D eigenvalue weighted by Crippen LogP contribution is 2.31. The quantitative estimate of drug-likeness (QED) is 0.480. The first-order valence-electron chi connectivity index (χ1n) is 10.8. The van der Waals surface area contributed by atoms with Crippen LogP contribution in [0.25, 0.3) is 0 Å². The average Bonchev–Trinajstić information content (AvgIpc) is 3.04. The molecule has 3 aromatic carbocycles. The number of hydrogen-bond acceptors (Lipinski definition) is 4. The summed E-state index contributed by atoms with van der Waals surface area (Å²) in [7, 11) is 0. The van der Waals surface area contributed by atoms with Crippen LogP contribution in [0.2, 0.25) is 0 Å². The summed E-state index contributed by atoms with van der Waals surface area (Å²) in [5.74, 6) is -1.40. The molecule has 1 aliphatic rings. The molecule has 6 nitrogen and oxygen atoms in total. The molecule has 0 fully saturated rings. The number of benzene rings is 3. The van der Waals surface area contributed by atoms with E-state index in [1.165, 1.54) is 0 Å². The van der Waals surface area contributed by atoms with Crippen molar-refractivity contribution in [2.45, 2.75) is 26.8 Å². The Bertz CT molecular complexity index is 1300. The van der Waals surface area contributed by atoms with Gasteiger partial charge in [-0.05, 0) is 56.2 Å². The van der Waals surface area contributed by atoms with Crippen molar-refractivity contribution < 1.29 is 14.4 Å². The molecular weight excluding hydrogens is 450 g/mol. The molecule has 0 spiro atoms. The maximum absolute atomic E-state index is 13.1. The van der Waals surface area contributed by atoms with Gasteiger partial charge < -0.3 is 10.6 Å². The number of aryl methyl sites for hydroxylation is 2. The van der Waals surface area contributed by atoms with Crippen LogP contribution in [-0.2, 0) is 9.59 Å². The first-order valence-corrected chi connectivity index (χ1v) is 11.2. The molecule has 0 aromatic heterocycles. The van der Waals surface area contributed by atoms with Crippen molar-refractivity contribution in [2.75, 3.05) is 10.2 Å². The fourth-order valence-electron chi connectivity index (χ4n) is 3.68. The van der Waals surface area contributed by atoms with Gasteiger partial charge in [-0.2, -0.15) is 0 Å². The van der Waals surface area contributed by atoms with Gasteiger partial charge in [-0.1, -0.05) is 65.7 Å². The van der Waals surface area contributed by atoms with Crippen molar-refractivity contribution in [3.63, 3.8) is 0 Å². The Morgan fingerprint density at radius 2 is 1.59 bits per heavy atom. The predicted molar refractivity (Wildman–Crippen MR) is 134 cm³/mol. The largest absolute Gasteiger partial charge is 0.349 e. The van der Waals surface area contributed by atoms with Gasteiger partial charge in [0.1, 0.15) is 10.7 Å². The molecule has 4 rings (SSSR count). The first kappa shape index (κ1) is 23.3. The normalized spacial score (nSPS) is 14.4. The molecule has 0 saturated heterocycles. The van der Waals surface area contributed by atoms with Crippen LogP contribution in [0.1, 0.15) is 40.0 Å². The minimum absolute atomic E-state index is 0.0226. The van der Waals surface area contributed by atoms with Crippen LogP contribution in [0.3, 0.4) is 0 Å². The zero-order chi connectivity index (χ0) is 24.4. The Balaban J connectivity index is 1.55. The van der Waals surface area contributed by atoms with E-state index in [9.17, 15) is 14.4 Å². The fourth-order valence-corrected chi connectivity index (χ4v) is 3.89. The third-order valence-corrected chi connectivity index (χ3v) is 6.08. The van der Waals surface area contributed by atoms with Crippen molar-refractivity contribution >= 4 is 40.7 Å². The molecule has 0 aliphatic carbocycles. The third kappa shape index (κ3) is 4.58. The second-order valence-corrected chi connectivity index (χ2v) is 8.61. The Morgan fingerprint density at radius 1 is 0.912 bits per heavy atom. The Morgan fingerprint density at radius 3 is 2.26 bits per heavy atom. The van der Waals surface area contributed by atoms with Gasteiger partial charge in [0.25, 0.3) is 17.7 Å². The van der Waals surface area contributed by atoms with Crippen LogP contribution in [0.4, 0.5) is 11.4 Å². The SMILES string of the molecule is Cc1ccc(N2C(=O)C(Cl)=C(Nc3cc(C(=O)NC(C)c4ccccc4)ccc3C)C2=O)cc1. The van der Waals surface area contributed by atoms with Crippen LogP contribution < -0.4 is 15.5 Å². The van der Waals surface area contributed by atoms with Crippen molar-refractivity contribution in [1.82, 2.24) is 5.32 Å². The minimum atomic E-state index is -0.596. The number of hydrogen-bond donors (Lipinski definition) is 2. The third-order valence-electron chi connectivity index (χ3n) is 5.73. The molecule has 172 valence electrons. The van der Waals surface area contributed by atoms with Gasteiger partial charge in [-0.3, -0.25) is 14.4 Å². The van der Waals surface area contributed by atoms with Gasteiger partial charge in [0.2, 0.25) is 0 Å². The molecule has 7 heteroatoms. The minimum Gasteiger partial charge on any atom is -0.349 e. The van der Waals surface area contributed by atoms with Gasteiger partial charge in [0, 0.05) is 11.3 Å². The molecule has 34 heavy (non-hydrogen) atoms. The van der Waals surface area contributed by atoms with Crippen molar-refractivity contribution in [3.05, 3.63) is 106 Å².